The largest absolute Gasteiger partial charge is 0.466 e. The first-order valence-corrected chi connectivity index (χ1v) is 9.75. The molecule has 152 valence electrons. The summed E-state index contributed by atoms with van der Waals surface area (Å²) in [6.07, 6.45) is 8.33. The predicted octanol–water partition coefficient (Wildman–Crippen LogP) is 3.23. The molecule has 6 nitrogen and oxygen atoms in total. The summed E-state index contributed by atoms with van der Waals surface area (Å²) in [5.74, 6) is 0.875. The Balaban J connectivity index is 0.00000364. The maximum atomic E-state index is 11.8. The summed E-state index contributed by atoms with van der Waals surface area (Å²) >= 11 is 0. The average molecular weight is 488 g/mol. The third kappa shape index (κ3) is 8.02. The minimum Gasteiger partial charge on any atom is -0.466 e. The molecule has 27 heavy (non-hydrogen) atoms. The van der Waals surface area contributed by atoms with E-state index < -0.39 is 0 Å². The quantitative estimate of drug-likeness (QED) is 0.267. The minimum atomic E-state index is -0.0424. The van der Waals surface area contributed by atoms with Gasteiger partial charge in [-0.15, -0.1) is 24.0 Å². The molecule has 1 aromatic heterocycles. The third-order valence-corrected chi connectivity index (χ3v) is 4.82. The predicted molar refractivity (Wildman–Crippen MR) is 120 cm³/mol. The van der Waals surface area contributed by atoms with Gasteiger partial charge in [0.1, 0.15) is 0 Å². The lowest BCUT2D eigenvalue weighted by atomic mass is 9.86. The van der Waals surface area contributed by atoms with E-state index in [1.807, 2.05) is 19.3 Å². The van der Waals surface area contributed by atoms with E-state index in [1.165, 1.54) is 11.1 Å². The van der Waals surface area contributed by atoms with Crippen molar-refractivity contribution in [3.05, 3.63) is 29.6 Å². The molecule has 0 bridgehead atoms. The summed E-state index contributed by atoms with van der Waals surface area (Å²) in [7, 11) is 0. The van der Waals surface area contributed by atoms with Crippen LogP contribution in [0.4, 0.5) is 0 Å². The van der Waals surface area contributed by atoms with Crippen molar-refractivity contribution < 1.29 is 9.53 Å². The molecule has 1 saturated carbocycles. The van der Waals surface area contributed by atoms with Gasteiger partial charge in [0.05, 0.1) is 12.5 Å². The number of hydrogen-bond acceptors (Lipinski definition) is 4. The molecule has 0 saturated heterocycles. The van der Waals surface area contributed by atoms with Crippen LogP contribution in [0.2, 0.25) is 0 Å². The Hall–Kier alpha value is -1.38. The van der Waals surface area contributed by atoms with Crippen LogP contribution in [0.3, 0.4) is 0 Å². The molecule has 7 heteroatoms. The number of nitrogens with zero attached hydrogens (tertiary/aromatic N) is 2. The summed E-state index contributed by atoms with van der Waals surface area (Å²) < 4.78 is 5.14. The van der Waals surface area contributed by atoms with Crippen molar-refractivity contribution >= 4 is 35.9 Å². The van der Waals surface area contributed by atoms with Crippen molar-refractivity contribution in [2.45, 2.75) is 58.9 Å². The normalized spacial score (nSPS) is 19.7. The van der Waals surface area contributed by atoms with Crippen LogP contribution in [0.5, 0.6) is 0 Å². The first-order valence-electron chi connectivity index (χ1n) is 9.75. The molecule has 2 N–H and O–H groups in total. The van der Waals surface area contributed by atoms with Gasteiger partial charge in [-0.3, -0.25) is 14.8 Å². The van der Waals surface area contributed by atoms with Crippen LogP contribution >= 0.6 is 24.0 Å². The Bertz CT molecular complexity index is 601. The van der Waals surface area contributed by atoms with E-state index >= 15 is 0 Å². The molecule has 0 aliphatic heterocycles. The maximum absolute atomic E-state index is 11.8. The second-order valence-corrected chi connectivity index (χ2v) is 6.76. The summed E-state index contributed by atoms with van der Waals surface area (Å²) in [4.78, 5) is 20.7. The van der Waals surface area contributed by atoms with Gasteiger partial charge in [0.25, 0.3) is 0 Å². The van der Waals surface area contributed by atoms with Gasteiger partial charge in [0.2, 0.25) is 0 Å². The average Bonchev–Trinajstić information content (AvgIpc) is 2.64. The van der Waals surface area contributed by atoms with Crippen molar-refractivity contribution in [2.24, 2.45) is 10.9 Å². The number of aromatic nitrogens is 1. The molecule has 0 atom stereocenters. The second kappa shape index (κ2) is 12.9. The summed E-state index contributed by atoms with van der Waals surface area (Å²) in [5.41, 5.74) is 2.49. The van der Waals surface area contributed by atoms with Gasteiger partial charge >= 0.3 is 5.97 Å². The lowest BCUT2D eigenvalue weighted by Crippen LogP contribution is -2.45. The van der Waals surface area contributed by atoms with Gasteiger partial charge in [-0.25, -0.2) is 0 Å². The van der Waals surface area contributed by atoms with Gasteiger partial charge in [-0.1, -0.05) is 0 Å². The van der Waals surface area contributed by atoms with Gasteiger partial charge in [0, 0.05) is 31.5 Å². The van der Waals surface area contributed by atoms with Gasteiger partial charge in [-0.05, 0) is 70.1 Å². The zero-order chi connectivity index (χ0) is 18.8. The highest BCUT2D eigenvalue weighted by molar-refractivity contribution is 14.0. The number of halogens is 1. The van der Waals surface area contributed by atoms with Crippen molar-refractivity contribution in [1.82, 2.24) is 15.6 Å². The topological polar surface area (TPSA) is 75.6 Å². The van der Waals surface area contributed by atoms with Gasteiger partial charge < -0.3 is 15.4 Å². The standard InChI is InChI=1S/C20H32N4O2.HI/c1-4-22-20(23-13-11-16-10-12-21-14-15(16)3)24-18-8-6-17(7-9-18)19(25)26-5-2;/h10,12,14,17-18H,4-9,11,13H2,1-3H3,(H2,22,23,24);1H. The lowest BCUT2D eigenvalue weighted by Gasteiger charge is -2.29. The number of rotatable bonds is 7. The molecule has 1 aliphatic rings. The van der Waals surface area contributed by atoms with Crippen LogP contribution in [-0.4, -0.2) is 42.7 Å². The van der Waals surface area contributed by atoms with E-state index in [4.69, 9.17) is 9.73 Å². The number of hydrogen-bond donors (Lipinski definition) is 2. The molecule has 0 spiro atoms. The molecule has 1 heterocycles. The van der Waals surface area contributed by atoms with E-state index in [0.29, 0.717) is 12.6 Å². The molecule has 0 radical (unpaired) electrons. The summed E-state index contributed by atoms with van der Waals surface area (Å²) in [6.45, 7) is 8.04. The van der Waals surface area contributed by atoms with E-state index in [-0.39, 0.29) is 35.9 Å². The molecule has 0 aromatic carbocycles. The first kappa shape index (κ1) is 23.7. The van der Waals surface area contributed by atoms with E-state index in [2.05, 4.69) is 35.5 Å². The Kier molecular flexibility index (Phi) is 11.3. The van der Waals surface area contributed by atoms with Crippen LogP contribution in [-0.2, 0) is 16.0 Å². The fourth-order valence-electron chi connectivity index (χ4n) is 3.32. The van der Waals surface area contributed by atoms with Crippen molar-refractivity contribution in [3.8, 4) is 0 Å². The minimum absolute atomic E-state index is 0. The van der Waals surface area contributed by atoms with Crippen molar-refractivity contribution in [3.63, 3.8) is 0 Å². The van der Waals surface area contributed by atoms with Crippen molar-refractivity contribution in [1.29, 1.82) is 0 Å². The van der Waals surface area contributed by atoms with Crippen LogP contribution in [0, 0.1) is 12.8 Å². The highest BCUT2D eigenvalue weighted by Gasteiger charge is 2.27. The lowest BCUT2D eigenvalue weighted by molar-refractivity contribution is -0.149. The molecular weight excluding hydrogens is 455 g/mol. The van der Waals surface area contributed by atoms with Gasteiger partial charge in [0.15, 0.2) is 5.96 Å². The molecular formula is C20H33IN4O2. The Morgan fingerprint density at radius 1 is 1.30 bits per heavy atom. The zero-order valence-corrected chi connectivity index (χ0v) is 19.0. The number of esters is 1. The fourth-order valence-corrected chi connectivity index (χ4v) is 3.32. The maximum Gasteiger partial charge on any atom is 0.308 e. The van der Waals surface area contributed by atoms with Crippen LogP contribution in [0.15, 0.2) is 23.5 Å². The number of nitrogens with one attached hydrogen (secondary N) is 2. The monoisotopic (exact) mass is 488 g/mol. The van der Waals surface area contributed by atoms with Crippen LogP contribution in [0.1, 0.15) is 50.7 Å². The summed E-state index contributed by atoms with van der Waals surface area (Å²) in [5, 5.41) is 6.84. The number of aryl methyl sites for hydroxylation is 1. The SMILES string of the molecule is CCNC(=NCCc1ccncc1C)NC1CCC(C(=O)OCC)CC1.I. The molecule has 1 aliphatic carbocycles. The van der Waals surface area contributed by atoms with Crippen molar-refractivity contribution in [2.75, 3.05) is 19.7 Å². The number of aliphatic imine (C=N–C) groups is 1. The molecule has 0 unspecified atom stereocenters. The molecule has 1 aromatic rings. The molecule has 2 rings (SSSR count). The first-order chi connectivity index (χ1) is 12.6. The Labute approximate surface area is 180 Å². The highest BCUT2D eigenvalue weighted by Crippen LogP contribution is 2.25. The number of pyridine rings is 1. The Morgan fingerprint density at radius 2 is 2.04 bits per heavy atom. The third-order valence-electron chi connectivity index (χ3n) is 4.82. The number of carbonyl (C=O) groups excluding carboxylic acids is 1. The van der Waals surface area contributed by atoms with E-state index in [9.17, 15) is 4.79 Å². The molecule has 0 amide bonds. The highest BCUT2D eigenvalue weighted by atomic mass is 127. The van der Waals surface area contributed by atoms with Crippen LogP contribution < -0.4 is 10.6 Å². The smallest absolute Gasteiger partial charge is 0.308 e. The zero-order valence-electron chi connectivity index (χ0n) is 16.7. The van der Waals surface area contributed by atoms with Gasteiger partial charge in [-0.2, -0.15) is 0 Å². The number of carbonyl (C=O) groups is 1. The Morgan fingerprint density at radius 3 is 2.67 bits per heavy atom. The number of guanidine groups is 1. The van der Waals surface area contributed by atoms with Crippen LogP contribution in [0.25, 0.3) is 0 Å². The van der Waals surface area contributed by atoms with E-state index in [1.54, 1.807) is 0 Å². The fraction of sp³-hybridized carbons (Fsp3) is 0.650. The molecule has 1 fully saturated rings. The van der Waals surface area contributed by atoms with E-state index in [0.717, 1.165) is 51.2 Å². The summed E-state index contributed by atoms with van der Waals surface area (Å²) in [6, 6.07) is 2.42. The number of ether oxygens (including phenoxy) is 1. The second-order valence-electron chi connectivity index (χ2n) is 6.76.